The molecule has 3 nitrogen and oxygen atoms in total. The van der Waals surface area contributed by atoms with E-state index in [9.17, 15) is 10.2 Å². The number of hydrogen-bond acceptors (Lipinski definition) is 3. The zero-order valence-corrected chi connectivity index (χ0v) is 16.0. The summed E-state index contributed by atoms with van der Waals surface area (Å²) in [6.45, 7) is 17.4. The molecule has 0 aliphatic rings. The van der Waals surface area contributed by atoms with Gasteiger partial charge in [0.1, 0.15) is 5.75 Å². The first kappa shape index (κ1) is 19.7. The lowest BCUT2D eigenvalue weighted by Crippen LogP contribution is -2.20. The molecule has 0 radical (unpaired) electrons. The zero-order chi connectivity index (χ0) is 18.1. The molecule has 0 saturated carbocycles. The highest BCUT2D eigenvalue weighted by Gasteiger charge is 2.24. The van der Waals surface area contributed by atoms with Crippen molar-refractivity contribution in [2.75, 3.05) is 13.2 Å². The van der Waals surface area contributed by atoms with E-state index in [2.05, 4.69) is 52.6 Å². The van der Waals surface area contributed by atoms with Gasteiger partial charge in [-0.25, -0.2) is 0 Å². The molecule has 2 N–H and O–H groups in total. The van der Waals surface area contributed by atoms with E-state index in [4.69, 9.17) is 0 Å². The average molecular weight is 319 g/mol. The van der Waals surface area contributed by atoms with E-state index in [0.717, 1.165) is 11.1 Å². The second kappa shape index (κ2) is 6.64. The zero-order valence-electron chi connectivity index (χ0n) is 16.0. The second-order valence-electron chi connectivity index (χ2n) is 9.25. The summed E-state index contributed by atoms with van der Waals surface area (Å²) in [5.74, 6) is 0.302. The van der Waals surface area contributed by atoms with Gasteiger partial charge in [0.05, 0.1) is 0 Å². The first-order chi connectivity index (χ1) is 10.3. The van der Waals surface area contributed by atoms with E-state index >= 15 is 0 Å². The van der Waals surface area contributed by atoms with Crippen molar-refractivity contribution in [1.29, 1.82) is 0 Å². The molecular formula is C20H33NO2. The monoisotopic (exact) mass is 319 g/mol. The third-order valence-corrected chi connectivity index (χ3v) is 3.99. The Kier molecular flexibility index (Phi) is 5.69. The Labute approximate surface area is 141 Å². The van der Waals surface area contributed by atoms with Crippen molar-refractivity contribution in [3.63, 3.8) is 0 Å². The summed E-state index contributed by atoms with van der Waals surface area (Å²) < 4.78 is 0. The van der Waals surface area contributed by atoms with Crippen molar-refractivity contribution in [2.45, 2.75) is 66.2 Å². The van der Waals surface area contributed by atoms with Crippen molar-refractivity contribution in [1.82, 2.24) is 0 Å². The fourth-order valence-electron chi connectivity index (χ4n) is 2.20. The van der Waals surface area contributed by atoms with Crippen LogP contribution in [0.2, 0.25) is 0 Å². The van der Waals surface area contributed by atoms with E-state index in [1.807, 2.05) is 19.9 Å². The summed E-state index contributed by atoms with van der Waals surface area (Å²) in [6.07, 6.45) is 1.73. The van der Waals surface area contributed by atoms with Gasteiger partial charge < -0.3 is 10.2 Å². The number of aliphatic hydroxyl groups is 1. The number of benzene rings is 1. The quantitative estimate of drug-likeness (QED) is 0.807. The Morgan fingerprint density at radius 3 is 1.96 bits per heavy atom. The fraction of sp³-hybridized carbons (Fsp3) is 0.650. The van der Waals surface area contributed by atoms with Gasteiger partial charge in [-0.1, -0.05) is 61.5 Å². The van der Waals surface area contributed by atoms with Crippen LogP contribution < -0.4 is 0 Å². The van der Waals surface area contributed by atoms with Crippen molar-refractivity contribution >= 4 is 6.21 Å². The highest BCUT2D eigenvalue weighted by molar-refractivity contribution is 5.85. The lowest BCUT2D eigenvalue weighted by Gasteiger charge is -2.27. The van der Waals surface area contributed by atoms with Crippen LogP contribution in [0.1, 0.15) is 72.1 Å². The average Bonchev–Trinajstić information content (AvgIpc) is 2.37. The van der Waals surface area contributed by atoms with Crippen molar-refractivity contribution in [3.8, 4) is 5.75 Å². The van der Waals surface area contributed by atoms with Crippen LogP contribution in [0.3, 0.4) is 0 Å². The molecule has 130 valence electrons. The number of rotatable bonds is 4. The lowest BCUT2D eigenvalue weighted by molar-refractivity contribution is 0.167. The highest BCUT2D eigenvalue weighted by atomic mass is 16.3. The summed E-state index contributed by atoms with van der Waals surface area (Å²) in [4.78, 5) is 4.45. The van der Waals surface area contributed by atoms with Gasteiger partial charge in [-0.2, -0.15) is 0 Å². The van der Waals surface area contributed by atoms with Crippen LogP contribution in [-0.2, 0) is 10.8 Å². The van der Waals surface area contributed by atoms with Crippen LogP contribution in [0, 0.1) is 5.41 Å². The maximum absolute atomic E-state index is 10.7. The van der Waals surface area contributed by atoms with Gasteiger partial charge in [-0.3, -0.25) is 4.99 Å². The molecule has 0 bridgehead atoms. The summed E-state index contributed by atoms with van der Waals surface area (Å²) in [7, 11) is 0. The van der Waals surface area contributed by atoms with Gasteiger partial charge >= 0.3 is 0 Å². The molecule has 0 atom stereocenters. The molecule has 0 heterocycles. The highest BCUT2D eigenvalue weighted by Crippen LogP contribution is 2.37. The van der Waals surface area contributed by atoms with Gasteiger partial charge in [0, 0.05) is 35.9 Å². The molecular weight excluding hydrogens is 286 g/mol. The molecule has 0 amide bonds. The number of phenolic OH excluding ortho intramolecular Hbond substituents is 1. The predicted octanol–water partition coefficient (Wildman–Crippen LogP) is 4.42. The minimum atomic E-state index is -0.249. The number of aliphatic imine (C=N–C) groups is 1. The minimum absolute atomic E-state index is 0.000654. The molecule has 1 aromatic carbocycles. The molecule has 1 aromatic rings. The Hall–Kier alpha value is -1.35. The molecule has 1 rings (SSSR count). The van der Waals surface area contributed by atoms with E-state index in [1.165, 1.54) is 5.56 Å². The number of aliphatic hydroxyl groups excluding tert-OH is 1. The molecule has 0 fully saturated rings. The number of aromatic hydroxyl groups is 1. The van der Waals surface area contributed by atoms with Crippen LogP contribution in [0.5, 0.6) is 5.75 Å². The lowest BCUT2D eigenvalue weighted by atomic mass is 9.79. The molecule has 0 saturated heterocycles. The third kappa shape index (κ3) is 5.35. The molecule has 0 spiro atoms. The molecule has 0 unspecified atom stereocenters. The van der Waals surface area contributed by atoms with Gasteiger partial charge in [0.25, 0.3) is 0 Å². The Bertz CT molecular complexity index is 573. The van der Waals surface area contributed by atoms with E-state index < -0.39 is 0 Å². The summed E-state index contributed by atoms with van der Waals surface area (Å²) in [5, 5.41) is 20.0. The maximum atomic E-state index is 10.7. The van der Waals surface area contributed by atoms with Crippen molar-refractivity contribution in [3.05, 3.63) is 28.8 Å². The first-order valence-corrected chi connectivity index (χ1v) is 8.26. The fourth-order valence-corrected chi connectivity index (χ4v) is 2.20. The minimum Gasteiger partial charge on any atom is -0.507 e. The summed E-state index contributed by atoms with van der Waals surface area (Å²) in [5.41, 5.74) is 2.48. The van der Waals surface area contributed by atoms with Crippen molar-refractivity contribution < 1.29 is 10.2 Å². The Morgan fingerprint density at radius 1 is 0.957 bits per heavy atom. The van der Waals surface area contributed by atoms with Crippen LogP contribution >= 0.6 is 0 Å². The van der Waals surface area contributed by atoms with Crippen LogP contribution in [0.25, 0.3) is 0 Å². The van der Waals surface area contributed by atoms with Crippen LogP contribution in [-0.4, -0.2) is 29.6 Å². The predicted molar refractivity (Wildman–Crippen MR) is 98.8 cm³/mol. The van der Waals surface area contributed by atoms with Crippen LogP contribution in [0.4, 0.5) is 0 Å². The Balaban J connectivity index is 3.34. The number of nitrogens with zero attached hydrogens (tertiary/aromatic N) is 1. The smallest absolute Gasteiger partial charge is 0.128 e. The van der Waals surface area contributed by atoms with E-state index in [1.54, 1.807) is 6.21 Å². The second-order valence-corrected chi connectivity index (χ2v) is 9.25. The largest absolute Gasteiger partial charge is 0.507 e. The summed E-state index contributed by atoms with van der Waals surface area (Å²) in [6, 6.07) is 4.12. The van der Waals surface area contributed by atoms with Gasteiger partial charge in [0.15, 0.2) is 0 Å². The number of hydrogen-bond donors (Lipinski definition) is 2. The topological polar surface area (TPSA) is 52.8 Å². The molecule has 0 aliphatic carbocycles. The Morgan fingerprint density at radius 2 is 1.52 bits per heavy atom. The number of phenols is 1. The summed E-state index contributed by atoms with van der Waals surface area (Å²) >= 11 is 0. The van der Waals surface area contributed by atoms with Gasteiger partial charge in [-0.05, 0) is 22.5 Å². The van der Waals surface area contributed by atoms with Crippen molar-refractivity contribution in [2.24, 2.45) is 10.4 Å². The van der Waals surface area contributed by atoms with Crippen LogP contribution in [0.15, 0.2) is 17.1 Å². The third-order valence-electron chi connectivity index (χ3n) is 3.99. The first-order valence-electron chi connectivity index (χ1n) is 8.26. The molecule has 3 heteroatoms. The molecule has 0 aromatic heterocycles. The standard InChI is InChI=1S/C20H33NO2/c1-18(2,3)15-9-14(11-21-12-20(7,8)13-22)17(23)16(10-15)19(4,5)6/h9-11,22-23H,12-13H2,1-8H3/b21-11+. The maximum Gasteiger partial charge on any atom is 0.128 e. The molecule has 0 aliphatic heterocycles. The normalized spacial score (nSPS) is 13.8. The van der Waals surface area contributed by atoms with Gasteiger partial charge in [0.2, 0.25) is 0 Å². The van der Waals surface area contributed by atoms with E-state index in [-0.39, 0.29) is 22.9 Å². The van der Waals surface area contributed by atoms with E-state index in [0.29, 0.717) is 12.3 Å². The SMILES string of the molecule is CC(C)(CO)C/N=C/c1cc(C(C)(C)C)cc(C(C)(C)C)c1O. The van der Waals surface area contributed by atoms with Gasteiger partial charge in [-0.15, -0.1) is 0 Å². The molecule has 23 heavy (non-hydrogen) atoms.